The van der Waals surface area contributed by atoms with Crippen molar-refractivity contribution in [2.75, 3.05) is 25.0 Å². The fraction of sp³-hybridized carbons (Fsp3) is 0.632. The van der Waals surface area contributed by atoms with Gasteiger partial charge in [0.05, 0.1) is 17.1 Å². The number of hydrogen-bond acceptors (Lipinski definition) is 6. The van der Waals surface area contributed by atoms with Crippen molar-refractivity contribution in [2.24, 2.45) is 0 Å². The maximum absolute atomic E-state index is 12.3. The molecule has 0 spiro atoms. The first-order valence-electron chi connectivity index (χ1n) is 9.57. The predicted octanol–water partition coefficient (Wildman–Crippen LogP) is 3.59. The number of nitro benzene ring substituents is 1. The number of nitrogens with one attached hydrogen (secondary N) is 1. The molecule has 1 aromatic carbocycles. The molecule has 1 aromatic rings. The van der Waals surface area contributed by atoms with E-state index in [4.69, 9.17) is 4.74 Å². The molecule has 0 radical (unpaired) electrons. The standard InChI is InChI=1S/C19H27N3O4/c1-2-26-19(23)14-8-7-11-17(22(24)25)18(14)20-15-9-3-4-10-16(15)21-12-5-6-13-21/h7-8,11,15-16,20H,2-6,9-10,12-13H2,1H3/t15-,16-/m0/s1. The van der Waals surface area contributed by atoms with Crippen molar-refractivity contribution < 1.29 is 14.5 Å². The van der Waals surface area contributed by atoms with Crippen molar-refractivity contribution in [3.8, 4) is 0 Å². The lowest BCUT2D eigenvalue weighted by Gasteiger charge is -2.38. The summed E-state index contributed by atoms with van der Waals surface area (Å²) in [6, 6.07) is 5.05. The second-order valence-corrected chi connectivity index (χ2v) is 7.02. The van der Waals surface area contributed by atoms with Crippen molar-refractivity contribution in [3.63, 3.8) is 0 Å². The monoisotopic (exact) mass is 361 g/mol. The Morgan fingerprint density at radius 1 is 1.27 bits per heavy atom. The van der Waals surface area contributed by atoms with Crippen molar-refractivity contribution in [1.29, 1.82) is 0 Å². The number of para-hydroxylation sites is 1. The van der Waals surface area contributed by atoms with E-state index < -0.39 is 10.9 Å². The Hall–Kier alpha value is -2.15. The van der Waals surface area contributed by atoms with Gasteiger partial charge in [-0.3, -0.25) is 15.0 Å². The SMILES string of the molecule is CCOC(=O)c1cccc([N+](=O)[O-])c1N[C@H]1CCCC[C@@H]1N1CCCC1. The lowest BCUT2D eigenvalue weighted by molar-refractivity contribution is -0.384. The van der Waals surface area contributed by atoms with Crippen LogP contribution in [0, 0.1) is 10.1 Å². The second-order valence-electron chi connectivity index (χ2n) is 7.02. The Balaban J connectivity index is 1.90. The molecule has 1 saturated carbocycles. The summed E-state index contributed by atoms with van der Waals surface area (Å²) in [6.45, 7) is 4.14. The summed E-state index contributed by atoms with van der Waals surface area (Å²) in [4.78, 5) is 25.9. The highest BCUT2D eigenvalue weighted by Gasteiger charge is 2.34. The molecular formula is C19H27N3O4. The van der Waals surface area contributed by atoms with Crippen LogP contribution in [-0.2, 0) is 4.74 Å². The number of carbonyl (C=O) groups is 1. The third kappa shape index (κ3) is 3.98. The summed E-state index contributed by atoms with van der Waals surface area (Å²) in [6.07, 6.45) is 6.74. The highest BCUT2D eigenvalue weighted by molar-refractivity contribution is 5.98. The van der Waals surface area contributed by atoms with Crippen LogP contribution in [0.1, 0.15) is 55.8 Å². The molecule has 2 fully saturated rings. The fourth-order valence-electron chi connectivity index (χ4n) is 4.20. The summed E-state index contributed by atoms with van der Waals surface area (Å²) < 4.78 is 5.11. The maximum atomic E-state index is 12.3. The molecule has 3 rings (SSSR count). The van der Waals surface area contributed by atoms with Gasteiger partial charge in [0, 0.05) is 18.2 Å². The number of rotatable bonds is 6. The van der Waals surface area contributed by atoms with Crippen LogP contribution in [0.15, 0.2) is 18.2 Å². The largest absolute Gasteiger partial charge is 0.462 e. The van der Waals surface area contributed by atoms with E-state index >= 15 is 0 Å². The molecule has 0 bridgehead atoms. The van der Waals surface area contributed by atoms with E-state index in [1.165, 1.54) is 31.4 Å². The first kappa shape index (κ1) is 18.6. The summed E-state index contributed by atoms with van der Waals surface area (Å²) in [5, 5.41) is 14.9. The molecule has 2 atom stereocenters. The van der Waals surface area contributed by atoms with E-state index in [0.29, 0.717) is 11.7 Å². The fourth-order valence-corrected chi connectivity index (χ4v) is 4.20. The number of carbonyl (C=O) groups excluding carboxylic acids is 1. The molecule has 7 heteroatoms. The maximum Gasteiger partial charge on any atom is 0.340 e. The molecule has 1 aliphatic carbocycles. The van der Waals surface area contributed by atoms with Gasteiger partial charge in [0.15, 0.2) is 0 Å². The number of nitro groups is 1. The topological polar surface area (TPSA) is 84.7 Å². The van der Waals surface area contributed by atoms with Crippen molar-refractivity contribution in [1.82, 2.24) is 4.90 Å². The highest BCUT2D eigenvalue weighted by Crippen LogP contribution is 2.34. The van der Waals surface area contributed by atoms with Gasteiger partial charge in [-0.25, -0.2) is 4.79 Å². The third-order valence-electron chi connectivity index (χ3n) is 5.40. The molecule has 1 saturated heterocycles. The number of ether oxygens (including phenoxy) is 1. The van der Waals surface area contributed by atoms with Gasteiger partial charge >= 0.3 is 5.97 Å². The number of benzene rings is 1. The molecule has 1 aliphatic heterocycles. The molecule has 0 amide bonds. The molecule has 0 unspecified atom stereocenters. The van der Waals surface area contributed by atoms with Crippen LogP contribution in [0.4, 0.5) is 11.4 Å². The number of esters is 1. The number of nitrogens with zero attached hydrogens (tertiary/aromatic N) is 2. The van der Waals surface area contributed by atoms with Crippen LogP contribution in [0.3, 0.4) is 0 Å². The third-order valence-corrected chi connectivity index (χ3v) is 5.40. The molecule has 1 heterocycles. The Morgan fingerprint density at radius 2 is 2.00 bits per heavy atom. The molecule has 142 valence electrons. The van der Waals surface area contributed by atoms with E-state index in [0.717, 1.165) is 32.4 Å². The van der Waals surface area contributed by atoms with E-state index in [1.54, 1.807) is 13.0 Å². The summed E-state index contributed by atoms with van der Waals surface area (Å²) in [5.41, 5.74) is 0.472. The van der Waals surface area contributed by atoms with Gasteiger partial charge in [0.2, 0.25) is 0 Å². The summed E-state index contributed by atoms with van der Waals surface area (Å²) in [7, 11) is 0. The Bertz CT molecular complexity index is 658. The Morgan fingerprint density at radius 3 is 2.69 bits per heavy atom. The van der Waals surface area contributed by atoms with Gasteiger partial charge in [-0.2, -0.15) is 0 Å². The first-order chi connectivity index (χ1) is 12.6. The second kappa shape index (κ2) is 8.49. The minimum Gasteiger partial charge on any atom is -0.462 e. The van der Waals surface area contributed by atoms with Gasteiger partial charge in [-0.05, 0) is 51.8 Å². The number of likely N-dealkylation sites (tertiary alicyclic amines) is 1. The van der Waals surface area contributed by atoms with Gasteiger partial charge in [-0.15, -0.1) is 0 Å². The van der Waals surface area contributed by atoms with Gasteiger partial charge in [-0.1, -0.05) is 18.9 Å². The van der Waals surface area contributed by atoms with Gasteiger partial charge in [0.25, 0.3) is 5.69 Å². The lowest BCUT2D eigenvalue weighted by Crippen LogP contribution is -2.47. The Kier molecular flexibility index (Phi) is 6.08. The Labute approximate surface area is 153 Å². The first-order valence-corrected chi connectivity index (χ1v) is 9.57. The minimum atomic E-state index is -0.521. The predicted molar refractivity (Wildman–Crippen MR) is 99.5 cm³/mol. The zero-order chi connectivity index (χ0) is 18.5. The van der Waals surface area contributed by atoms with E-state index in [-0.39, 0.29) is 23.9 Å². The molecule has 0 aromatic heterocycles. The minimum absolute atomic E-state index is 0.0682. The van der Waals surface area contributed by atoms with Gasteiger partial charge < -0.3 is 10.1 Å². The van der Waals surface area contributed by atoms with E-state index in [9.17, 15) is 14.9 Å². The molecule has 7 nitrogen and oxygen atoms in total. The van der Waals surface area contributed by atoms with Crippen LogP contribution < -0.4 is 5.32 Å². The van der Waals surface area contributed by atoms with Gasteiger partial charge in [0.1, 0.15) is 5.69 Å². The van der Waals surface area contributed by atoms with Crippen molar-refractivity contribution in [2.45, 2.75) is 57.5 Å². The zero-order valence-electron chi connectivity index (χ0n) is 15.3. The van der Waals surface area contributed by atoms with Crippen LogP contribution in [0.25, 0.3) is 0 Å². The number of anilines is 1. The van der Waals surface area contributed by atoms with Crippen molar-refractivity contribution in [3.05, 3.63) is 33.9 Å². The molecule has 26 heavy (non-hydrogen) atoms. The molecular weight excluding hydrogens is 334 g/mol. The molecule has 2 aliphatic rings. The summed E-state index contributed by atoms with van der Waals surface area (Å²) in [5.74, 6) is -0.521. The average Bonchev–Trinajstić information content (AvgIpc) is 3.17. The van der Waals surface area contributed by atoms with E-state index in [2.05, 4.69) is 10.2 Å². The van der Waals surface area contributed by atoms with Crippen LogP contribution in [0.2, 0.25) is 0 Å². The van der Waals surface area contributed by atoms with Crippen molar-refractivity contribution >= 4 is 17.3 Å². The lowest BCUT2D eigenvalue weighted by atomic mass is 9.88. The smallest absolute Gasteiger partial charge is 0.340 e. The van der Waals surface area contributed by atoms with Crippen LogP contribution in [-0.4, -0.2) is 47.6 Å². The zero-order valence-corrected chi connectivity index (χ0v) is 15.3. The van der Waals surface area contributed by atoms with E-state index in [1.807, 2.05) is 0 Å². The normalized spacial score (nSPS) is 23.6. The number of hydrogen-bond donors (Lipinski definition) is 1. The molecule has 1 N–H and O–H groups in total. The average molecular weight is 361 g/mol. The highest BCUT2D eigenvalue weighted by atomic mass is 16.6. The summed E-state index contributed by atoms with van der Waals surface area (Å²) >= 11 is 0. The van der Waals surface area contributed by atoms with Crippen LogP contribution >= 0.6 is 0 Å². The van der Waals surface area contributed by atoms with Crippen LogP contribution in [0.5, 0.6) is 0 Å². The quantitative estimate of drug-likeness (QED) is 0.473.